The van der Waals surface area contributed by atoms with Crippen molar-refractivity contribution in [1.29, 1.82) is 0 Å². The Labute approximate surface area is 154 Å². The number of carbonyl (C=O) groups excluding carboxylic acids is 1. The van der Waals surface area contributed by atoms with Gasteiger partial charge in [0.05, 0.1) is 10.5 Å². The summed E-state index contributed by atoms with van der Waals surface area (Å²) >= 11 is 6.32. The van der Waals surface area contributed by atoms with Crippen molar-refractivity contribution in [2.45, 2.75) is 6.54 Å². The number of halogens is 1. The molecule has 0 aromatic carbocycles. The first-order chi connectivity index (χ1) is 12.7. The first kappa shape index (κ1) is 16.2. The van der Waals surface area contributed by atoms with E-state index in [0.29, 0.717) is 17.3 Å². The average molecular weight is 364 g/mol. The van der Waals surface area contributed by atoms with E-state index >= 15 is 0 Å². The predicted molar refractivity (Wildman–Crippen MR) is 98.8 cm³/mol. The molecule has 0 spiro atoms. The molecule has 0 fully saturated rings. The fraction of sp³-hybridized carbons (Fsp3) is 0.0526. The first-order valence-corrected chi connectivity index (χ1v) is 8.35. The number of nitrogens with one attached hydrogen (secondary N) is 1. The number of carbonyl (C=O) groups is 1. The van der Waals surface area contributed by atoms with Gasteiger partial charge in [0.25, 0.3) is 5.91 Å². The highest BCUT2D eigenvalue weighted by atomic mass is 35.5. The van der Waals surface area contributed by atoms with Crippen molar-refractivity contribution >= 4 is 23.0 Å². The van der Waals surface area contributed by atoms with Crippen molar-refractivity contribution in [3.05, 3.63) is 83.7 Å². The lowest BCUT2D eigenvalue weighted by Gasteiger charge is -2.10. The Morgan fingerprint density at radius 2 is 1.96 bits per heavy atom. The molecule has 4 aromatic heterocycles. The molecule has 0 bridgehead atoms. The quantitative estimate of drug-likeness (QED) is 0.603. The summed E-state index contributed by atoms with van der Waals surface area (Å²) in [5, 5.41) is 7.82. The fourth-order valence-electron chi connectivity index (χ4n) is 2.71. The van der Waals surface area contributed by atoms with Crippen LogP contribution in [0.4, 0.5) is 0 Å². The molecule has 1 amide bonds. The maximum atomic E-state index is 12.6. The fourth-order valence-corrected chi connectivity index (χ4v) is 2.91. The van der Waals surface area contributed by atoms with Crippen molar-refractivity contribution in [1.82, 2.24) is 24.9 Å². The van der Waals surface area contributed by atoms with Crippen LogP contribution in [0.15, 0.2) is 67.4 Å². The molecule has 128 valence electrons. The molecule has 26 heavy (non-hydrogen) atoms. The van der Waals surface area contributed by atoms with Gasteiger partial charge in [0.15, 0.2) is 0 Å². The van der Waals surface area contributed by atoms with E-state index in [2.05, 4.69) is 20.4 Å². The van der Waals surface area contributed by atoms with Gasteiger partial charge in [-0.3, -0.25) is 14.8 Å². The Morgan fingerprint density at radius 1 is 1.08 bits per heavy atom. The number of pyridine rings is 2. The third-order valence-corrected chi connectivity index (χ3v) is 4.30. The number of aromatic nitrogens is 4. The van der Waals surface area contributed by atoms with Crippen LogP contribution in [0.25, 0.3) is 16.6 Å². The van der Waals surface area contributed by atoms with E-state index in [9.17, 15) is 4.79 Å². The molecule has 4 rings (SSSR count). The number of hydrogen-bond acceptors (Lipinski definition) is 4. The van der Waals surface area contributed by atoms with Crippen molar-refractivity contribution in [3.8, 4) is 11.1 Å². The Bertz CT molecular complexity index is 1080. The molecule has 0 radical (unpaired) electrons. The number of rotatable bonds is 4. The van der Waals surface area contributed by atoms with Crippen molar-refractivity contribution in [2.24, 2.45) is 0 Å². The lowest BCUT2D eigenvalue weighted by molar-refractivity contribution is 0.0944. The van der Waals surface area contributed by atoms with Gasteiger partial charge in [-0.2, -0.15) is 5.10 Å². The molecule has 0 saturated carbocycles. The Morgan fingerprint density at radius 3 is 2.77 bits per heavy atom. The molecule has 0 unspecified atom stereocenters. The SMILES string of the molecule is O=C(NCc1cccnc1)c1cc(-c2cnccc2Cl)c2cccn2n1. The van der Waals surface area contributed by atoms with Gasteiger partial charge in [-0.05, 0) is 35.9 Å². The van der Waals surface area contributed by atoms with Crippen molar-refractivity contribution in [3.63, 3.8) is 0 Å². The summed E-state index contributed by atoms with van der Waals surface area (Å²) < 4.78 is 1.66. The Balaban J connectivity index is 1.70. The van der Waals surface area contributed by atoms with Crippen LogP contribution in [0.1, 0.15) is 16.1 Å². The van der Waals surface area contributed by atoms with Crippen LogP contribution in [0.3, 0.4) is 0 Å². The van der Waals surface area contributed by atoms with Crippen LogP contribution in [0.5, 0.6) is 0 Å². The second-order valence-electron chi connectivity index (χ2n) is 5.68. The minimum atomic E-state index is -0.272. The van der Waals surface area contributed by atoms with E-state index in [1.54, 1.807) is 47.6 Å². The maximum Gasteiger partial charge on any atom is 0.272 e. The second-order valence-corrected chi connectivity index (χ2v) is 6.09. The molecule has 0 aliphatic carbocycles. The molecule has 0 aliphatic heterocycles. The molecule has 4 heterocycles. The van der Waals surface area contributed by atoms with Gasteiger partial charge in [0, 0.05) is 48.7 Å². The van der Waals surface area contributed by atoms with Crippen LogP contribution < -0.4 is 5.32 Å². The summed E-state index contributed by atoms with van der Waals surface area (Å²) in [6.07, 6.45) is 8.51. The number of hydrogen-bond donors (Lipinski definition) is 1. The molecular weight excluding hydrogens is 350 g/mol. The van der Waals surface area contributed by atoms with E-state index in [1.165, 1.54) is 0 Å². The zero-order valence-electron chi connectivity index (χ0n) is 13.6. The van der Waals surface area contributed by atoms with Crippen LogP contribution in [0, 0.1) is 0 Å². The highest BCUT2D eigenvalue weighted by Crippen LogP contribution is 2.30. The summed E-state index contributed by atoms with van der Waals surface area (Å²) in [6.45, 7) is 0.376. The zero-order chi connectivity index (χ0) is 17.9. The molecule has 1 N–H and O–H groups in total. The largest absolute Gasteiger partial charge is 0.347 e. The van der Waals surface area contributed by atoms with Crippen molar-refractivity contribution < 1.29 is 4.79 Å². The number of nitrogens with zero attached hydrogens (tertiary/aromatic N) is 4. The molecule has 0 aliphatic rings. The summed E-state index contributed by atoms with van der Waals surface area (Å²) in [6, 6.07) is 11.0. The van der Waals surface area contributed by atoms with Crippen LogP contribution in [-0.4, -0.2) is 25.5 Å². The highest BCUT2D eigenvalue weighted by molar-refractivity contribution is 6.33. The Hall–Kier alpha value is -3.25. The third-order valence-electron chi connectivity index (χ3n) is 3.97. The molecule has 4 aromatic rings. The maximum absolute atomic E-state index is 12.6. The van der Waals surface area contributed by atoms with Gasteiger partial charge in [-0.15, -0.1) is 0 Å². The van der Waals surface area contributed by atoms with E-state index in [0.717, 1.165) is 22.2 Å². The topological polar surface area (TPSA) is 72.2 Å². The first-order valence-electron chi connectivity index (χ1n) is 7.98. The van der Waals surface area contributed by atoms with Crippen LogP contribution in [0.2, 0.25) is 5.02 Å². The number of fused-ring (bicyclic) bond motifs is 1. The highest BCUT2D eigenvalue weighted by Gasteiger charge is 2.15. The van der Waals surface area contributed by atoms with E-state index in [-0.39, 0.29) is 5.91 Å². The van der Waals surface area contributed by atoms with Gasteiger partial charge in [0.1, 0.15) is 5.69 Å². The third kappa shape index (κ3) is 3.14. The molecule has 7 heteroatoms. The van der Waals surface area contributed by atoms with Gasteiger partial charge in [-0.25, -0.2) is 4.52 Å². The smallest absolute Gasteiger partial charge is 0.272 e. The van der Waals surface area contributed by atoms with E-state index in [1.807, 2.05) is 24.3 Å². The lowest BCUT2D eigenvalue weighted by atomic mass is 10.1. The van der Waals surface area contributed by atoms with Gasteiger partial charge in [0.2, 0.25) is 0 Å². The summed E-state index contributed by atoms with van der Waals surface area (Å²) in [5.74, 6) is -0.272. The minimum Gasteiger partial charge on any atom is -0.347 e. The van der Waals surface area contributed by atoms with Crippen LogP contribution >= 0.6 is 11.6 Å². The molecule has 0 saturated heterocycles. The monoisotopic (exact) mass is 363 g/mol. The summed E-state index contributed by atoms with van der Waals surface area (Å²) in [4.78, 5) is 20.8. The van der Waals surface area contributed by atoms with Gasteiger partial charge < -0.3 is 5.32 Å². The van der Waals surface area contributed by atoms with Gasteiger partial charge in [-0.1, -0.05) is 17.7 Å². The second kappa shape index (κ2) is 6.93. The predicted octanol–water partition coefficient (Wildman–Crippen LogP) is 3.37. The normalized spacial score (nSPS) is 10.8. The molecule has 0 atom stereocenters. The summed E-state index contributed by atoms with van der Waals surface area (Å²) in [7, 11) is 0. The molecule has 6 nitrogen and oxygen atoms in total. The standard InChI is InChI=1S/C19H14ClN5O/c20-16-5-7-22-12-15(16)14-9-17(24-25-8-2-4-18(14)25)19(26)23-11-13-3-1-6-21-10-13/h1-10,12H,11H2,(H,23,26). The average Bonchev–Trinajstić information content (AvgIpc) is 3.15. The van der Waals surface area contributed by atoms with E-state index in [4.69, 9.17) is 11.6 Å². The molecular formula is C19H14ClN5O. The number of amides is 1. The van der Waals surface area contributed by atoms with Crippen LogP contribution in [-0.2, 0) is 6.54 Å². The van der Waals surface area contributed by atoms with Gasteiger partial charge >= 0.3 is 0 Å². The van der Waals surface area contributed by atoms with Crippen molar-refractivity contribution in [2.75, 3.05) is 0 Å². The minimum absolute atomic E-state index is 0.272. The van der Waals surface area contributed by atoms with E-state index < -0.39 is 0 Å². The Kier molecular flexibility index (Phi) is 4.33. The lowest BCUT2D eigenvalue weighted by Crippen LogP contribution is -2.24. The summed E-state index contributed by atoms with van der Waals surface area (Å²) in [5.41, 5.74) is 3.62. The zero-order valence-corrected chi connectivity index (χ0v) is 14.4.